The maximum Gasteiger partial charge on any atom is 0.238 e. The summed E-state index contributed by atoms with van der Waals surface area (Å²) >= 11 is 0. The molecule has 2 N–H and O–H groups in total. The van der Waals surface area contributed by atoms with E-state index in [2.05, 4.69) is 5.32 Å². The van der Waals surface area contributed by atoms with Crippen molar-refractivity contribution in [3.63, 3.8) is 0 Å². The maximum absolute atomic E-state index is 11.9. The van der Waals surface area contributed by atoms with E-state index in [1.165, 1.54) is 0 Å². The van der Waals surface area contributed by atoms with Gasteiger partial charge in [0.2, 0.25) is 5.91 Å². The van der Waals surface area contributed by atoms with Gasteiger partial charge in [0.1, 0.15) is 5.75 Å². The molecule has 0 saturated carbocycles. The van der Waals surface area contributed by atoms with Crippen molar-refractivity contribution in [3.8, 4) is 5.75 Å². The van der Waals surface area contributed by atoms with Gasteiger partial charge in [0.25, 0.3) is 0 Å². The van der Waals surface area contributed by atoms with E-state index in [1.807, 2.05) is 30.1 Å². The second kappa shape index (κ2) is 9.34. The van der Waals surface area contributed by atoms with E-state index in [1.54, 1.807) is 13.2 Å². The molecule has 0 saturated heterocycles. The van der Waals surface area contributed by atoms with E-state index < -0.39 is 0 Å². The number of ether oxygens (including phenoxy) is 1. The number of carbonyl (C=O) groups excluding carboxylic acids is 1. The number of aliphatic hydroxyl groups is 1. The Morgan fingerprint density at radius 2 is 2.15 bits per heavy atom. The van der Waals surface area contributed by atoms with Crippen LogP contribution in [-0.2, 0) is 4.79 Å². The zero-order valence-electron chi connectivity index (χ0n) is 12.3. The van der Waals surface area contributed by atoms with Crippen LogP contribution in [0.15, 0.2) is 24.3 Å². The average molecular weight is 280 g/mol. The molecule has 5 nitrogen and oxygen atoms in total. The fraction of sp³-hybridized carbons (Fsp3) is 0.533. The lowest BCUT2D eigenvalue weighted by Crippen LogP contribution is -2.30. The minimum absolute atomic E-state index is 0.0390. The summed E-state index contributed by atoms with van der Waals surface area (Å²) in [6.45, 7) is 1.45. The molecule has 0 aliphatic heterocycles. The number of likely N-dealkylation sites (N-methyl/N-ethyl adjacent to an activating group) is 1. The number of unbranched alkanes of at least 4 members (excludes halogenated alkanes) is 2. The molecule has 0 spiro atoms. The topological polar surface area (TPSA) is 61.8 Å². The summed E-state index contributed by atoms with van der Waals surface area (Å²) in [7, 11) is 3.52. The van der Waals surface area contributed by atoms with Crippen LogP contribution < -0.4 is 10.1 Å². The molecule has 0 radical (unpaired) electrons. The Labute approximate surface area is 120 Å². The number of benzene rings is 1. The van der Waals surface area contributed by atoms with E-state index in [4.69, 9.17) is 9.84 Å². The number of aliphatic hydroxyl groups excluding tert-OH is 1. The van der Waals surface area contributed by atoms with Gasteiger partial charge in [-0.3, -0.25) is 9.69 Å². The van der Waals surface area contributed by atoms with Crippen LogP contribution in [0.25, 0.3) is 0 Å². The SMILES string of the molecule is COc1cccc(NC(=O)CN(C)CCCCCO)c1. The van der Waals surface area contributed by atoms with E-state index in [9.17, 15) is 4.79 Å². The highest BCUT2D eigenvalue weighted by atomic mass is 16.5. The van der Waals surface area contributed by atoms with Crippen molar-refractivity contribution >= 4 is 11.6 Å². The van der Waals surface area contributed by atoms with Gasteiger partial charge in [-0.2, -0.15) is 0 Å². The summed E-state index contributed by atoms with van der Waals surface area (Å²) < 4.78 is 5.11. The Bertz CT molecular complexity index is 410. The molecule has 20 heavy (non-hydrogen) atoms. The molecule has 0 heterocycles. The first-order valence-electron chi connectivity index (χ1n) is 6.89. The van der Waals surface area contributed by atoms with Gasteiger partial charge < -0.3 is 15.2 Å². The molecule has 112 valence electrons. The third-order valence-electron chi connectivity index (χ3n) is 2.96. The Kier molecular flexibility index (Phi) is 7.69. The van der Waals surface area contributed by atoms with E-state index in [0.29, 0.717) is 6.54 Å². The largest absolute Gasteiger partial charge is 0.497 e. The van der Waals surface area contributed by atoms with Gasteiger partial charge in [-0.25, -0.2) is 0 Å². The van der Waals surface area contributed by atoms with Crippen molar-refractivity contribution in [1.29, 1.82) is 0 Å². The van der Waals surface area contributed by atoms with Crippen LogP contribution >= 0.6 is 0 Å². The van der Waals surface area contributed by atoms with Crippen molar-refractivity contribution < 1.29 is 14.6 Å². The molecule has 1 aromatic carbocycles. The first-order chi connectivity index (χ1) is 9.65. The molecule has 0 unspecified atom stereocenters. The van der Waals surface area contributed by atoms with Crippen molar-refractivity contribution in [2.45, 2.75) is 19.3 Å². The summed E-state index contributed by atoms with van der Waals surface area (Å²) in [4.78, 5) is 13.9. The van der Waals surface area contributed by atoms with Crippen molar-refractivity contribution in [2.75, 3.05) is 39.2 Å². The zero-order chi connectivity index (χ0) is 14.8. The van der Waals surface area contributed by atoms with Crippen LogP contribution in [0.2, 0.25) is 0 Å². The molecule has 1 rings (SSSR count). The van der Waals surface area contributed by atoms with Crippen LogP contribution in [0.1, 0.15) is 19.3 Å². The quantitative estimate of drug-likeness (QED) is 0.676. The molecular weight excluding hydrogens is 256 g/mol. The number of rotatable bonds is 9. The lowest BCUT2D eigenvalue weighted by Gasteiger charge is -2.16. The molecule has 0 fully saturated rings. The second-order valence-corrected chi connectivity index (χ2v) is 4.80. The minimum Gasteiger partial charge on any atom is -0.497 e. The maximum atomic E-state index is 11.9. The average Bonchev–Trinajstić information content (AvgIpc) is 2.43. The fourth-order valence-electron chi connectivity index (χ4n) is 1.90. The zero-order valence-corrected chi connectivity index (χ0v) is 12.3. The summed E-state index contributed by atoms with van der Waals surface area (Å²) in [6, 6.07) is 7.30. The van der Waals surface area contributed by atoms with E-state index in [-0.39, 0.29) is 12.5 Å². The van der Waals surface area contributed by atoms with Crippen LogP contribution in [0.5, 0.6) is 5.75 Å². The van der Waals surface area contributed by atoms with Crippen LogP contribution in [0.3, 0.4) is 0 Å². The lowest BCUT2D eigenvalue weighted by atomic mass is 10.2. The number of hydrogen-bond acceptors (Lipinski definition) is 4. The lowest BCUT2D eigenvalue weighted by molar-refractivity contribution is -0.117. The number of carbonyl (C=O) groups is 1. The van der Waals surface area contributed by atoms with Gasteiger partial charge in [-0.05, 0) is 45.0 Å². The van der Waals surface area contributed by atoms with E-state index >= 15 is 0 Å². The van der Waals surface area contributed by atoms with Gasteiger partial charge in [-0.1, -0.05) is 6.07 Å². The molecule has 0 aliphatic carbocycles. The number of anilines is 1. The normalized spacial score (nSPS) is 10.6. The van der Waals surface area contributed by atoms with Gasteiger partial charge in [0.05, 0.1) is 13.7 Å². The Hall–Kier alpha value is -1.59. The third kappa shape index (κ3) is 6.54. The first kappa shape index (κ1) is 16.5. The molecule has 0 aromatic heterocycles. The smallest absolute Gasteiger partial charge is 0.238 e. The summed E-state index contributed by atoms with van der Waals surface area (Å²) in [6.07, 6.45) is 2.80. The molecule has 0 aliphatic rings. The highest BCUT2D eigenvalue weighted by Gasteiger charge is 2.07. The Morgan fingerprint density at radius 3 is 2.85 bits per heavy atom. The highest BCUT2D eigenvalue weighted by molar-refractivity contribution is 5.92. The number of hydrogen-bond donors (Lipinski definition) is 2. The summed E-state index contributed by atoms with van der Waals surface area (Å²) in [5.74, 6) is 0.683. The standard InChI is InChI=1S/C15H24N2O3/c1-17(9-4-3-5-10-18)12-15(19)16-13-7-6-8-14(11-13)20-2/h6-8,11,18H,3-5,9-10,12H2,1-2H3,(H,16,19). The van der Waals surface area contributed by atoms with Crippen molar-refractivity contribution in [3.05, 3.63) is 24.3 Å². The Morgan fingerprint density at radius 1 is 1.35 bits per heavy atom. The van der Waals surface area contributed by atoms with Crippen molar-refractivity contribution in [1.82, 2.24) is 4.90 Å². The van der Waals surface area contributed by atoms with E-state index in [0.717, 1.165) is 37.2 Å². The van der Waals surface area contributed by atoms with Crippen LogP contribution in [-0.4, -0.2) is 49.8 Å². The highest BCUT2D eigenvalue weighted by Crippen LogP contribution is 2.16. The van der Waals surface area contributed by atoms with Gasteiger partial charge in [0.15, 0.2) is 0 Å². The number of methoxy groups -OCH3 is 1. The second-order valence-electron chi connectivity index (χ2n) is 4.80. The summed E-state index contributed by atoms with van der Waals surface area (Å²) in [5, 5.41) is 11.5. The Balaban J connectivity index is 2.31. The minimum atomic E-state index is -0.0390. The first-order valence-corrected chi connectivity index (χ1v) is 6.89. The molecule has 0 bridgehead atoms. The number of nitrogens with zero attached hydrogens (tertiary/aromatic N) is 1. The molecule has 1 aromatic rings. The number of nitrogens with one attached hydrogen (secondary N) is 1. The van der Waals surface area contributed by atoms with Crippen LogP contribution in [0.4, 0.5) is 5.69 Å². The fourth-order valence-corrected chi connectivity index (χ4v) is 1.90. The monoisotopic (exact) mass is 280 g/mol. The molecule has 0 atom stereocenters. The summed E-state index contributed by atoms with van der Waals surface area (Å²) in [5.41, 5.74) is 0.739. The van der Waals surface area contributed by atoms with Crippen molar-refractivity contribution in [2.24, 2.45) is 0 Å². The third-order valence-corrected chi connectivity index (χ3v) is 2.96. The van der Waals surface area contributed by atoms with Crippen LogP contribution in [0, 0.1) is 0 Å². The predicted octanol–water partition coefficient (Wildman–Crippen LogP) is 1.73. The number of amides is 1. The van der Waals surface area contributed by atoms with Gasteiger partial charge >= 0.3 is 0 Å². The predicted molar refractivity (Wildman–Crippen MR) is 80.1 cm³/mol. The molecule has 1 amide bonds. The molecular formula is C15H24N2O3. The molecule has 5 heteroatoms. The van der Waals surface area contributed by atoms with Gasteiger partial charge in [0, 0.05) is 18.4 Å². The van der Waals surface area contributed by atoms with Gasteiger partial charge in [-0.15, -0.1) is 0 Å².